The third-order valence-corrected chi connectivity index (χ3v) is 6.58. The van der Waals surface area contributed by atoms with E-state index in [4.69, 9.17) is 0 Å². The van der Waals surface area contributed by atoms with Gasteiger partial charge in [-0.15, -0.1) is 0 Å². The molecular weight excluding hydrogens is 355 g/mol. The molecule has 142 valence electrons. The summed E-state index contributed by atoms with van der Waals surface area (Å²) < 4.78 is 42.2. The van der Waals surface area contributed by atoms with Gasteiger partial charge in [-0.1, -0.05) is 19.9 Å². The van der Waals surface area contributed by atoms with Crippen molar-refractivity contribution in [2.45, 2.75) is 31.2 Å². The molecule has 26 heavy (non-hydrogen) atoms. The molecule has 3 rings (SSSR count). The van der Waals surface area contributed by atoms with Gasteiger partial charge in [0.25, 0.3) is 0 Å². The fraction of sp³-hybridized carbons (Fsp3) is 0.500. The maximum absolute atomic E-state index is 13.4. The quantitative estimate of drug-likeness (QED) is 0.771. The molecule has 0 spiro atoms. The van der Waals surface area contributed by atoms with Gasteiger partial charge in [0.05, 0.1) is 4.90 Å². The Bertz CT molecular complexity index is 842. The topological polar surface area (TPSA) is 58.4 Å². The van der Waals surface area contributed by atoms with Crippen molar-refractivity contribution in [3.05, 3.63) is 48.3 Å². The van der Waals surface area contributed by atoms with Crippen LogP contribution in [0.3, 0.4) is 0 Å². The van der Waals surface area contributed by atoms with Crippen LogP contribution in [-0.2, 0) is 16.6 Å². The number of rotatable bonds is 6. The van der Waals surface area contributed by atoms with Crippen LogP contribution in [0.4, 0.5) is 4.39 Å². The minimum Gasteiger partial charge on any atom is -0.333 e. The highest BCUT2D eigenvalue weighted by Gasteiger charge is 2.28. The van der Waals surface area contributed by atoms with E-state index < -0.39 is 15.8 Å². The van der Waals surface area contributed by atoms with E-state index in [1.807, 2.05) is 12.4 Å². The van der Waals surface area contributed by atoms with Gasteiger partial charge in [-0.05, 0) is 18.2 Å². The molecule has 0 amide bonds. The first-order valence-electron chi connectivity index (χ1n) is 8.87. The summed E-state index contributed by atoms with van der Waals surface area (Å²) in [4.78, 5) is 6.66. The maximum atomic E-state index is 13.4. The summed E-state index contributed by atoms with van der Waals surface area (Å²) in [7, 11) is -3.63. The molecule has 1 aliphatic heterocycles. The molecule has 0 atom stereocenters. The molecule has 2 aromatic rings. The third-order valence-electron chi connectivity index (χ3n) is 4.69. The van der Waals surface area contributed by atoms with Crippen LogP contribution in [0.15, 0.2) is 41.6 Å². The Morgan fingerprint density at radius 3 is 2.54 bits per heavy atom. The molecule has 8 heteroatoms. The number of piperazine rings is 1. The van der Waals surface area contributed by atoms with Gasteiger partial charge < -0.3 is 4.57 Å². The Morgan fingerprint density at radius 2 is 1.88 bits per heavy atom. The van der Waals surface area contributed by atoms with Crippen LogP contribution in [0.2, 0.25) is 0 Å². The van der Waals surface area contributed by atoms with Gasteiger partial charge in [-0.2, -0.15) is 4.31 Å². The Balaban J connectivity index is 1.56. The summed E-state index contributed by atoms with van der Waals surface area (Å²) in [6, 6.07) is 5.19. The molecule has 1 aromatic carbocycles. The molecule has 0 saturated carbocycles. The van der Waals surface area contributed by atoms with E-state index in [0.29, 0.717) is 32.1 Å². The van der Waals surface area contributed by atoms with Crippen molar-refractivity contribution in [3.8, 4) is 0 Å². The summed E-state index contributed by atoms with van der Waals surface area (Å²) in [6.45, 7) is 8.10. The number of benzene rings is 1. The molecule has 6 nitrogen and oxygen atoms in total. The molecule has 0 N–H and O–H groups in total. The van der Waals surface area contributed by atoms with E-state index in [-0.39, 0.29) is 4.90 Å². The van der Waals surface area contributed by atoms with Crippen LogP contribution in [0.5, 0.6) is 0 Å². The monoisotopic (exact) mass is 380 g/mol. The van der Waals surface area contributed by atoms with Gasteiger partial charge in [0.2, 0.25) is 10.0 Å². The minimum absolute atomic E-state index is 0.0194. The van der Waals surface area contributed by atoms with Crippen LogP contribution in [-0.4, -0.2) is 59.9 Å². The molecule has 0 radical (unpaired) electrons. The standard InChI is InChI=1S/C18H25FN4O2S/c1-15(2)18-20-6-7-22(18)11-8-21-9-12-23(13-10-21)26(24,25)17-5-3-4-16(19)14-17/h3-7,14-15H,8-13H2,1-2H3. The highest BCUT2D eigenvalue weighted by molar-refractivity contribution is 7.89. The molecule has 0 unspecified atom stereocenters. The van der Waals surface area contributed by atoms with Crippen molar-refractivity contribution in [2.24, 2.45) is 0 Å². The maximum Gasteiger partial charge on any atom is 0.243 e. The van der Waals surface area contributed by atoms with Crippen LogP contribution in [0.1, 0.15) is 25.6 Å². The number of hydrogen-bond acceptors (Lipinski definition) is 4. The summed E-state index contributed by atoms with van der Waals surface area (Å²) in [6.07, 6.45) is 3.80. The molecule has 1 aromatic heterocycles. The second-order valence-corrected chi connectivity index (χ2v) is 8.77. The lowest BCUT2D eigenvalue weighted by atomic mass is 10.2. The lowest BCUT2D eigenvalue weighted by molar-refractivity contribution is 0.182. The molecule has 1 fully saturated rings. The Labute approximate surface area is 154 Å². The van der Waals surface area contributed by atoms with Crippen molar-refractivity contribution in [1.82, 2.24) is 18.8 Å². The Kier molecular flexibility index (Phi) is 5.74. The van der Waals surface area contributed by atoms with Gasteiger partial charge in [0.15, 0.2) is 0 Å². The van der Waals surface area contributed by atoms with Crippen LogP contribution >= 0.6 is 0 Å². The molecule has 2 heterocycles. The van der Waals surface area contributed by atoms with E-state index in [1.54, 1.807) is 0 Å². The van der Waals surface area contributed by atoms with E-state index in [0.717, 1.165) is 25.0 Å². The van der Waals surface area contributed by atoms with Crippen LogP contribution in [0, 0.1) is 5.82 Å². The van der Waals surface area contributed by atoms with Crippen molar-refractivity contribution in [2.75, 3.05) is 32.7 Å². The lowest BCUT2D eigenvalue weighted by Crippen LogP contribution is -2.49. The second kappa shape index (κ2) is 7.85. The minimum atomic E-state index is -3.63. The highest BCUT2D eigenvalue weighted by atomic mass is 32.2. The largest absolute Gasteiger partial charge is 0.333 e. The fourth-order valence-electron chi connectivity index (χ4n) is 3.23. The van der Waals surface area contributed by atoms with E-state index >= 15 is 0 Å². The van der Waals surface area contributed by atoms with E-state index in [2.05, 4.69) is 28.3 Å². The first-order chi connectivity index (χ1) is 12.4. The Morgan fingerprint density at radius 1 is 1.15 bits per heavy atom. The zero-order valence-corrected chi connectivity index (χ0v) is 16.0. The smallest absolute Gasteiger partial charge is 0.243 e. The lowest BCUT2D eigenvalue weighted by Gasteiger charge is -2.34. The van der Waals surface area contributed by atoms with Gasteiger partial charge in [0, 0.05) is 57.6 Å². The number of imidazole rings is 1. The first-order valence-corrected chi connectivity index (χ1v) is 10.3. The number of aromatic nitrogens is 2. The van der Waals surface area contributed by atoms with Crippen molar-refractivity contribution in [1.29, 1.82) is 0 Å². The van der Waals surface area contributed by atoms with E-state index in [1.165, 1.54) is 22.5 Å². The molecular formula is C18H25FN4O2S. The van der Waals surface area contributed by atoms with Gasteiger partial charge in [-0.25, -0.2) is 17.8 Å². The SMILES string of the molecule is CC(C)c1nccn1CCN1CCN(S(=O)(=O)c2cccc(F)c2)CC1. The molecule has 0 bridgehead atoms. The van der Waals surface area contributed by atoms with E-state index in [9.17, 15) is 12.8 Å². The normalized spacial score (nSPS) is 17.1. The van der Waals surface area contributed by atoms with Crippen LogP contribution in [0.25, 0.3) is 0 Å². The number of nitrogens with zero attached hydrogens (tertiary/aromatic N) is 4. The predicted octanol–water partition coefficient (Wildman–Crippen LogP) is 2.15. The summed E-state index contributed by atoms with van der Waals surface area (Å²) in [5, 5.41) is 0. The highest BCUT2D eigenvalue weighted by Crippen LogP contribution is 2.18. The fourth-order valence-corrected chi connectivity index (χ4v) is 4.68. The average Bonchev–Trinajstić information content (AvgIpc) is 3.09. The number of halogens is 1. The number of hydrogen-bond donors (Lipinski definition) is 0. The van der Waals surface area contributed by atoms with Crippen molar-refractivity contribution >= 4 is 10.0 Å². The van der Waals surface area contributed by atoms with Crippen LogP contribution < -0.4 is 0 Å². The summed E-state index contributed by atoms with van der Waals surface area (Å²) >= 11 is 0. The zero-order chi connectivity index (χ0) is 18.7. The molecule has 1 aliphatic rings. The van der Waals surface area contributed by atoms with Gasteiger partial charge >= 0.3 is 0 Å². The summed E-state index contributed by atoms with van der Waals surface area (Å²) in [5.41, 5.74) is 0. The van der Waals surface area contributed by atoms with Crippen molar-refractivity contribution < 1.29 is 12.8 Å². The predicted molar refractivity (Wildman–Crippen MR) is 97.9 cm³/mol. The van der Waals surface area contributed by atoms with Crippen molar-refractivity contribution in [3.63, 3.8) is 0 Å². The summed E-state index contributed by atoms with van der Waals surface area (Å²) in [5.74, 6) is 0.904. The second-order valence-electron chi connectivity index (χ2n) is 6.84. The number of sulfonamides is 1. The molecule has 0 aliphatic carbocycles. The zero-order valence-electron chi connectivity index (χ0n) is 15.2. The average molecular weight is 380 g/mol. The van der Waals surface area contributed by atoms with Gasteiger partial charge in [0.1, 0.15) is 11.6 Å². The van der Waals surface area contributed by atoms with Gasteiger partial charge in [-0.3, -0.25) is 4.90 Å². The Hall–Kier alpha value is -1.77. The first kappa shape index (κ1) is 19.0. The molecule has 1 saturated heterocycles. The third kappa shape index (κ3) is 4.13.